The molecule has 2 rings (SSSR count). The highest BCUT2D eigenvalue weighted by Crippen LogP contribution is 2.26. The monoisotopic (exact) mass is 236 g/mol. The minimum Gasteiger partial charge on any atom is -0.0696 e. The minimum atomic E-state index is 1.15. The summed E-state index contributed by atoms with van der Waals surface area (Å²) in [5.41, 5.74) is 2.95. The third-order valence-corrected chi connectivity index (χ3v) is 3.02. The first-order valence-corrected chi connectivity index (χ1v) is 5.59. The van der Waals surface area contributed by atoms with Gasteiger partial charge < -0.3 is 0 Å². The third-order valence-electron chi connectivity index (χ3n) is 2.49. The number of halogens is 1. The van der Waals surface area contributed by atoms with Crippen molar-refractivity contribution in [3.8, 4) is 0 Å². The van der Waals surface area contributed by atoms with Crippen molar-refractivity contribution in [2.75, 3.05) is 0 Å². The maximum atomic E-state index is 3.44. The van der Waals surface area contributed by atoms with Crippen LogP contribution in [0.1, 0.15) is 31.2 Å². The molecule has 0 aliphatic heterocycles. The van der Waals surface area contributed by atoms with Gasteiger partial charge in [-0.05, 0) is 43.4 Å². The van der Waals surface area contributed by atoms with Crippen LogP contribution in [0.25, 0.3) is 6.08 Å². The number of hydrogen-bond donors (Lipinski definition) is 0. The number of rotatable bonds is 1. The van der Waals surface area contributed by atoms with Crippen molar-refractivity contribution in [1.82, 2.24) is 0 Å². The topological polar surface area (TPSA) is 0 Å². The summed E-state index contributed by atoms with van der Waals surface area (Å²) in [7, 11) is 0. The predicted molar refractivity (Wildman–Crippen MR) is 60.6 cm³/mol. The Balaban J connectivity index is 2.17. The standard InChI is InChI=1S/C12H13Br/c13-12-7-5-11(6-8-12)9-10-3-1-2-4-10/h5-9H,1-4H2. The molecular weight excluding hydrogens is 224 g/mol. The summed E-state index contributed by atoms with van der Waals surface area (Å²) in [5, 5.41) is 0. The van der Waals surface area contributed by atoms with Crippen molar-refractivity contribution in [3.05, 3.63) is 39.9 Å². The number of benzene rings is 1. The summed E-state index contributed by atoms with van der Waals surface area (Å²) < 4.78 is 1.15. The fourth-order valence-corrected chi connectivity index (χ4v) is 2.03. The minimum absolute atomic E-state index is 1.15. The molecule has 0 nitrogen and oxygen atoms in total. The molecule has 0 aromatic heterocycles. The van der Waals surface area contributed by atoms with Gasteiger partial charge in [-0.25, -0.2) is 0 Å². The van der Waals surface area contributed by atoms with E-state index >= 15 is 0 Å². The molecule has 0 N–H and O–H groups in total. The van der Waals surface area contributed by atoms with E-state index < -0.39 is 0 Å². The van der Waals surface area contributed by atoms with E-state index in [1.807, 2.05) is 0 Å². The molecule has 0 amide bonds. The first-order valence-electron chi connectivity index (χ1n) is 4.79. The molecule has 1 aliphatic rings. The van der Waals surface area contributed by atoms with Crippen molar-refractivity contribution in [3.63, 3.8) is 0 Å². The molecule has 0 radical (unpaired) electrons. The molecule has 0 unspecified atom stereocenters. The predicted octanol–water partition coefficient (Wildman–Crippen LogP) is 4.41. The van der Waals surface area contributed by atoms with Crippen LogP contribution < -0.4 is 0 Å². The van der Waals surface area contributed by atoms with Crippen LogP contribution in [0.5, 0.6) is 0 Å². The molecule has 0 bridgehead atoms. The van der Waals surface area contributed by atoms with Gasteiger partial charge in [0.05, 0.1) is 0 Å². The second-order valence-corrected chi connectivity index (χ2v) is 4.48. The third kappa shape index (κ3) is 2.44. The summed E-state index contributed by atoms with van der Waals surface area (Å²) >= 11 is 3.44. The molecule has 1 aliphatic carbocycles. The lowest BCUT2D eigenvalue weighted by Gasteiger charge is -1.97. The molecule has 1 saturated carbocycles. The van der Waals surface area contributed by atoms with E-state index in [4.69, 9.17) is 0 Å². The van der Waals surface area contributed by atoms with E-state index in [0.717, 1.165) is 4.47 Å². The SMILES string of the molecule is Brc1ccc(C=C2CCCC2)cc1. The second-order valence-electron chi connectivity index (χ2n) is 3.56. The van der Waals surface area contributed by atoms with Crippen molar-refractivity contribution in [1.29, 1.82) is 0 Å². The molecule has 1 aromatic carbocycles. The Morgan fingerprint density at radius 1 is 1.00 bits per heavy atom. The highest BCUT2D eigenvalue weighted by atomic mass is 79.9. The average Bonchev–Trinajstić information content (AvgIpc) is 2.62. The molecule has 0 spiro atoms. The largest absolute Gasteiger partial charge is 0.0696 e. The molecule has 0 heterocycles. The highest BCUT2D eigenvalue weighted by Gasteiger charge is 2.05. The molecule has 0 saturated heterocycles. The molecule has 1 aromatic rings. The van der Waals surface area contributed by atoms with Crippen LogP contribution >= 0.6 is 15.9 Å². The van der Waals surface area contributed by atoms with Gasteiger partial charge in [0.1, 0.15) is 0 Å². The number of allylic oxidation sites excluding steroid dienone is 1. The normalized spacial score (nSPS) is 16.2. The van der Waals surface area contributed by atoms with Crippen LogP contribution in [-0.4, -0.2) is 0 Å². The Labute approximate surface area is 87.8 Å². The van der Waals surface area contributed by atoms with Crippen LogP contribution in [-0.2, 0) is 0 Å². The summed E-state index contributed by atoms with van der Waals surface area (Å²) in [6, 6.07) is 8.52. The fourth-order valence-electron chi connectivity index (χ4n) is 1.77. The average molecular weight is 237 g/mol. The van der Waals surface area contributed by atoms with Crippen molar-refractivity contribution >= 4 is 22.0 Å². The van der Waals surface area contributed by atoms with Gasteiger partial charge in [0, 0.05) is 4.47 Å². The van der Waals surface area contributed by atoms with Gasteiger partial charge in [0.2, 0.25) is 0 Å². The van der Waals surface area contributed by atoms with E-state index in [0.29, 0.717) is 0 Å². The molecule has 68 valence electrons. The van der Waals surface area contributed by atoms with Crippen LogP contribution in [0, 0.1) is 0 Å². The molecule has 13 heavy (non-hydrogen) atoms. The summed E-state index contributed by atoms with van der Waals surface area (Å²) in [4.78, 5) is 0. The Bertz CT molecular complexity index is 300. The number of hydrogen-bond acceptors (Lipinski definition) is 0. The first-order chi connectivity index (χ1) is 6.34. The zero-order valence-electron chi connectivity index (χ0n) is 7.59. The lowest BCUT2D eigenvalue weighted by molar-refractivity contribution is 0.886. The van der Waals surface area contributed by atoms with Crippen LogP contribution in [0.2, 0.25) is 0 Å². The van der Waals surface area contributed by atoms with Gasteiger partial charge in [0.15, 0.2) is 0 Å². The second kappa shape index (κ2) is 4.10. The summed E-state index contributed by atoms with van der Waals surface area (Å²) in [5.74, 6) is 0. The van der Waals surface area contributed by atoms with E-state index in [2.05, 4.69) is 46.3 Å². The Kier molecular flexibility index (Phi) is 2.84. The zero-order chi connectivity index (χ0) is 9.10. The molecule has 0 atom stereocenters. The van der Waals surface area contributed by atoms with E-state index in [9.17, 15) is 0 Å². The van der Waals surface area contributed by atoms with E-state index in [1.165, 1.54) is 31.2 Å². The first kappa shape index (κ1) is 9.01. The van der Waals surface area contributed by atoms with Crippen molar-refractivity contribution in [2.45, 2.75) is 25.7 Å². The summed E-state index contributed by atoms with van der Waals surface area (Å²) in [6.07, 6.45) is 7.69. The highest BCUT2D eigenvalue weighted by molar-refractivity contribution is 9.10. The van der Waals surface area contributed by atoms with Crippen LogP contribution in [0.3, 0.4) is 0 Å². The smallest absolute Gasteiger partial charge is 0.0175 e. The molecule has 1 fully saturated rings. The van der Waals surface area contributed by atoms with E-state index in [-0.39, 0.29) is 0 Å². The zero-order valence-corrected chi connectivity index (χ0v) is 9.18. The molecular formula is C12H13Br. The Hall–Kier alpha value is -0.560. The van der Waals surface area contributed by atoms with Crippen LogP contribution in [0.15, 0.2) is 34.3 Å². The van der Waals surface area contributed by atoms with Gasteiger partial charge >= 0.3 is 0 Å². The van der Waals surface area contributed by atoms with Gasteiger partial charge in [0.25, 0.3) is 0 Å². The van der Waals surface area contributed by atoms with E-state index in [1.54, 1.807) is 5.57 Å². The lowest BCUT2D eigenvalue weighted by Crippen LogP contribution is -1.75. The van der Waals surface area contributed by atoms with Gasteiger partial charge in [-0.2, -0.15) is 0 Å². The maximum absolute atomic E-state index is 3.44. The summed E-state index contributed by atoms with van der Waals surface area (Å²) in [6.45, 7) is 0. The van der Waals surface area contributed by atoms with Gasteiger partial charge in [-0.15, -0.1) is 0 Å². The van der Waals surface area contributed by atoms with Crippen LogP contribution in [0.4, 0.5) is 0 Å². The lowest BCUT2D eigenvalue weighted by atomic mass is 10.1. The van der Waals surface area contributed by atoms with Gasteiger partial charge in [-0.3, -0.25) is 0 Å². The van der Waals surface area contributed by atoms with Gasteiger partial charge in [-0.1, -0.05) is 39.7 Å². The molecule has 1 heteroatoms. The van der Waals surface area contributed by atoms with Crippen molar-refractivity contribution < 1.29 is 0 Å². The Morgan fingerprint density at radius 3 is 2.23 bits per heavy atom. The Morgan fingerprint density at radius 2 is 1.62 bits per heavy atom. The van der Waals surface area contributed by atoms with Crippen molar-refractivity contribution in [2.24, 2.45) is 0 Å². The maximum Gasteiger partial charge on any atom is 0.0175 e. The fraction of sp³-hybridized carbons (Fsp3) is 0.333. The quantitative estimate of drug-likeness (QED) is 0.678.